The average molecular weight is 148 g/mol. The van der Waals surface area contributed by atoms with Gasteiger partial charge in [-0.2, -0.15) is 0 Å². The maximum Gasteiger partial charge on any atom is 0.0768 e. The minimum Gasteiger partial charge on any atom is -0.131 e. The fourth-order valence-electron chi connectivity index (χ4n) is 0.707. The number of hydrogen-bond acceptors (Lipinski definition) is 1. The van der Waals surface area contributed by atoms with Crippen molar-refractivity contribution >= 4 is 11.3 Å². The Bertz CT molecular complexity index is 263. The Kier molecular flexibility index (Phi) is 2.30. The molecule has 0 spiro atoms. The topological polar surface area (TPSA) is 0 Å². The van der Waals surface area contributed by atoms with Gasteiger partial charge in [0.25, 0.3) is 0 Å². The minimum atomic E-state index is 0.923. The Morgan fingerprint density at radius 2 is 2.50 bits per heavy atom. The SMILES string of the molecule is C#Cc1ccc(CC=C)s1. The van der Waals surface area contributed by atoms with Crippen LogP contribution in [0.25, 0.3) is 0 Å². The van der Waals surface area contributed by atoms with Crippen LogP contribution < -0.4 is 0 Å². The molecule has 0 saturated heterocycles. The first-order valence-corrected chi connectivity index (χ1v) is 3.84. The highest BCUT2D eigenvalue weighted by molar-refractivity contribution is 7.12. The van der Waals surface area contributed by atoms with Gasteiger partial charge in [0.1, 0.15) is 0 Å². The number of terminal acetylenes is 1. The molecule has 0 saturated carbocycles. The average Bonchev–Trinajstić information content (AvgIpc) is 2.37. The number of hydrogen-bond donors (Lipinski definition) is 0. The van der Waals surface area contributed by atoms with Crippen LogP contribution in [0.3, 0.4) is 0 Å². The molecule has 0 nitrogen and oxygen atoms in total. The maximum absolute atomic E-state index is 5.19. The van der Waals surface area contributed by atoms with Crippen LogP contribution in [-0.4, -0.2) is 0 Å². The fourth-order valence-corrected chi connectivity index (χ4v) is 1.52. The molecule has 1 aromatic rings. The first-order valence-electron chi connectivity index (χ1n) is 3.03. The van der Waals surface area contributed by atoms with E-state index in [1.807, 2.05) is 18.2 Å². The summed E-state index contributed by atoms with van der Waals surface area (Å²) in [7, 11) is 0. The smallest absolute Gasteiger partial charge is 0.0768 e. The molecule has 0 aliphatic rings. The van der Waals surface area contributed by atoms with E-state index in [-0.39, 0.29) is 0 Å². The Morgan fingerprint density at radius 1 is 1.70 bits per heavy atom. The van der Waals surface area contributed by atoms with Gasteiger partial charge in [0.2, 0.25) is 0 Å². The van der Waals surface area contributed by atoms with Gasteiger partial charge in [0.15, 0.2) is 0 Å². The lowest BCUT2D eigenvalue weighted by Gasteiger charge is -1.82. The second-order valence-corrected chi connectivity index (χ2v) is 3.07. The molecule has 0 aliphatic heterocycles. The lowest BCUT2D eigenvalue weighted by molar-refractivity contribution is 1.36. The summed E-state index contributed by atoms with van der Waals surface area (Å²) in [5.74, 6) is 2.59. The Balaban J connectivity index is 2.80. The van der Waals surface area contributed by atoms with Crippen LogP contribution in [0.1, 0.15) is 9.75 Å². The second-order valence-electron chi connectivity index (χ2n) is 1.90. The quantitative estimate of drug-likeness (QED) is 0.446. The summed E-state index contributed by atoms with van der Waals surface area (Å²) in [6.07, 6.45) is 8.00. The van der Waals surface area contributed by atoms with Crippen LogP contribution in [0.4, 0.5) is 0 Å². The molecule has 0 atom stereocenters. The predicted molar refractivity (Wildman–Crippen MR) is 46.2 cm³/mol. The van der Waals surface area contributed by atoms with E-state index >= 15 is 0 Å². The van der Waals surface area contributed by atoms with Crippen molar-refractivity contribution in [1.29, 1.82) is 0 Å². The van der Waals surface area contributed by atoms with E-state index in [1.54, 1.807) is 11.3 Å². The molecular formula is C9H8S. The summed E-state index contributed by atoms with van der Waals surface area (Å²) < 4.78 is 0. The molecular weight excluding hydrogens is 140 g/mol. The summed E-state index contributed by atoms with van der Waals surface area (Å²) in [4.78, 5) is 2.28. The molecule has 0 unspecified atom stereocenters. The highest BCUT2D eigenvalue weighted by Gasteiger charge is 1.93. The molecule has 0 radical (unpaired) electrons. The highest BCUT2D eigenvalue weighted by Crippen LogP contribution is 2.15. The van der Waals surface area contributed by atoms with Gasteiger partial charge in [-0.25, -0.2) is 0 Å². The number of rotatable bonds is 2. The lowest BCUT2D eigenvalue weighted by atomic mass is 10.3. The summed E-state index contributed by atoms with van der Waals surface area (Å²) in [5.41, 5.74) is 0. The molecule has 0 bridgehead atoms. The third-order valence-corrected chi connectivity index (χ3v) is 2.19. The van der Waals surface area contributed by atoms with Crippen molar-refractivity contribution in [3.05, 3.63) is 34.5 Å². The zero-order chi connectivity index (χ0) is 7.40. The first-order chi connectivity index (χ1) is 4.86. The Labute approximate surface area is 65.2 Å². The molecule has 1 heteroatoms. The molecule has 0 aliphatic carbocycles. The van der Waals surface area contributed by atoms with Crippen molar-refractivity contribution < 1.29 is 0 Å². The zero-order valence-electron chi connectivity index (χ0n) is 5.63. The van der Waals surface area contributed by atoms with Crippen molar-refractivity contribution in [3.63, 3.8) is 0 Å². The monoisotopic (exact) mass is 148 g/mol. The van der Waals surface area contributed by atoms with Gasteiger partial charge in [-0.3, -0.25) is 0 Å². The van der Waals surface area contributed by atoms with Gasteiger partial charge >= 0.3 is 0 Å². The first kappa shape index (κ1) is 7.11. The summed E-state index contributed by atoms with van der Waals surface area (Å²) >= 11 is 1.65. The zero-order valence-corrected chi connectivity index (χ0v) is 6.45. The lowest BCUT2D eigenvalue weighted by Crippen LogP contribution is -1.66. The molecule has 1 aromatic heterocycles. The van der Waals surface area contributed by atoms with Crippen LogP contribution >= 0.6 is 11.3 Å². The van der Waals surface area contributed by atoms with Crippen LogP contribution in [-0.2, 0) is 6.42 Å². The Hall–Kier alpha value is -1.00. The van der Waals surface area contributed by atoms with E-state index in [9.17, 15) is 0 Å². The van der Waals surface area contributed by atoms with Gasteiger partial charge in [0, 0.05) is 4.88 Å². The van der Waals surface area contributed by atoms with E-state index in [2.05, 4.69) is 12.5 Å². The van der Waals surface area contributed by atoms with Crippen molar-refractivity contribution in [3.8, 4) is 12.3 Å². The fraction of sp³-hybridized carbons (Fsp3) is 0.111. The molecule has 0 aromatic carbocycles. The van der Waals surface area contributed by atoms with Crippen LogP contribution in [0.2, 0.25) is 0 Å². The highest BCUT2D eigenvalue weighted by atomic mass is 32.1. The van der Waals surface area contributed by atoms with Crippen LogP contribution in [0.15, 0.2) is 24.8 Å². The maximum atomic E-state index is 5.19. The molecule has 10 heavy (non-hydrogen) atoms. The summed E-state index contributed by atoms with van der Waals surface area (Å²) in [6.45, 7) is 3.65. The van der Waals surface area contributed by atoms with Crippen LogP contribution in [0, 0.1) is 12.3 Å². The third kappa shape index (κ3) is 1.49. The second kappa shape index (κ2) is 3.24. The van der Waals surface area contributed by atoms with Crippen LogP contribution in [0.5, 0.6) is 0 Å². The van der Waals surface area contributed by atoms with E-state index in [4.69, 9.17) is 6.42 Å². The molecule has 0 fully saturated rings. The summed E-state index contributed by atoms with van der Waals surface area (Å²) in [5, 5.41) is 0. The minimum absolute atomic E-state index is 0.923. The predicted octanol–water partition coefficient (Wildman–Crippen LogP) is 2.46. The number of allylic oxidation sites excluding steroid dienone is 1. The molecule has 1 rings (SSSR count). The van der Waals surface area contributed by atoms with E-state index in [1.165, 1.54) is 4.88 Å². The van der Waals surface area contributed by atoms with Gasteiger partial charge < -0.3 is 0 Å². The molecule has 1 heterocycles. The Morgan fingerprint density at radius 3 is 3.00 bits per heavy atom. The normalized spacial score (nSPS) is 8.70. The number of thiophene rings is 1. The van der Waals surface area contributed by atoms with Gasteiger partial charge in [-0.15, -0.1) is 24.3 Å². The molecule has 0 amide bonds. The van der Waals surface area contributed by atoms with E-state index < -0.39 is 0 Å². The van der Waals surface area contributed by atoms with Crippen molar-refractivity contribution in [2.75, 3.05) is 0 Å². The summed E-state index contributed by atoms with van der Waals surface area (Å²) in [6, 6.07) is 4.00. The van der Waals surface area contributed by atoms with E-state index in [0.29, 0.717) is 0 Å². The standard InChI is InChI=1S/C9H8S/c1-3-5-9-7-6-8(4-2)10-9/h2-3,6-7H,1,5H2. The largest absolute Gasteiger partial charge is 0.131 e. The molecule has 0 N–H and O–H groups in total. The third-order valence-electron chi connectivity index (χ3n) is 1.15. The van der Waals surface area contributed by atoms with Crippen molar-refractivity contribution in [2.45, 2.75) is 6.42 Å². The van der Waals surface area contributed by atoms with Crippen molar-refractivity contribution in [2.24, 2.45) is 0 Å². The van der Waals surface area contributed by atoms with Gasteiger partial charge in [-0.05, 0) is 18.6 Å². The van der Waals surface area contributed by atoms with Gasteiger partial charge in [0.05, 0.1) is 4.88 Å². The van der Waals surface area contributed by atoms with E-state index in [0.717, 1.165) is 11.3 Å². The van der Waals surface area contributed by atoms with Crippen molar-refractivity contribution in [1.82, 2.24) is 0 Å². The molecule has 50 valence electrons. The van der Waals surface area contributed by atoms with Gasteiger partial charge in [-0.1, -0.05) is 12.0 Å².